The third-order valence-corrected chi connectivity index (χ3v) is 1.75. The molecule has 0 aliphatic carbocycles. The van der Waals surface area contributed by atoms with Gasteiger partial charge in [0.15, 0.2) is 0 Å². The standard InChI is InChI=1S/C9H21ClN2O/c1-12(2)7-6-11-5-3-8-13-9-4-10/h11H,3-9H2,1-2H3. The SMILES string of the molecule is CN(C)CCNCCCOCCCl. The van der Waals surface area contributed by atoms with E-state index in [1.54, 1.807) is 0 Å². The number of rotatable bonds is 9. The third-order valence-electron chi connectivity index (χ3n) is 1.60. The molecule has 0 aliphatic rings. The predicted molar refractivity (Wildman–Crippen MR) is 57.6 cm³/mol. The summed E-state index contributed by atoms with van der Waals surface area (Å²) in [5.41, 5.74) is 0. The molecule has 0 heterocycles. The van der Waals surface area contributed by atoms with Crippen LogP contribution in [-0.4, -0.2) is 57.7 Å². The summed E-state index contributed by atoms with van der Waals surface area (Å²) in [6.07, 6.45) is 1.06. The normalized spacial score (nSPS) is 11.1. The topological polar surface area (TPSA) is 24.5 Å². The van der Waals surface area contributed by atoms with Crippen LogP contribution < -0.4 is 5.32 Å². The van der Waals surface area contributed by atoms with Crippen molar-refractivity contribution in [3.63, 3.8) is 0 Å². The van der Waals surface area contributed by atoms with Gasteiger partial charge < -0.3 is 15.0 Å². The van der Waals surface area contributed by atoms with Crippen LogP contribution in [0.15, 0.2) is 0 Å². The van der Waals surface area contributed by atoms with Crippen molar-refractivity contribution in [1.29, 1.82) is 0 Å². The molecule has 0 fully saturated rings. The Morgan fingerprint density at radius 2 is 2.00 bits per heavy atom. The summed E-state index contributed by atoms with van der Waals surface area (Å²) >= 11 is 5.45. The van der Waals surface area contributed by atoms with Crippen LogP contribution in [0.1, 0.15) is 6.42 Å². The highest BCUT2D eigenvalue weighted by Gasteiger charge is 1.90. The van der Waals surface area contributed by atoms with Crippen molar-refractivity contribution in [2.24, 2.45) is 0 Å². The zero-order chi connectivity index (χ0) is 9.94. The summed E-state index contributed by atoms with van der Waals surface area (Å²) in [5, 5.41) is 3.34. The molecule has 13 heavy (non-hydrogen) atoms. The minimum atomic E-state index is 0.591. The highest BCUT2D eigenvalue weighted by atomic mass is 35.5. The number of hydrogen-bond donors (Lipinski definition) is 1. The minimum Gasteiger partial charge on any atom is -0.380 e. The van der Waals surface area contributed by atoms with Crippen LogP contribution in [-0.2, 0) is 4.74 Å². The number of nitrogens with zero attached hydrogens (tertiary/aromatic N) is 1. The van der Waals surface area contributed by atoms with Gasteiger partial charge in [-0.05, 0) is 27.1 Å². The van der Waals surface area contributed by atoms with E-state index in [-0.39, 0.29) is 0 Å². The van der Waals surface area contributed by atoms with Crippen LogP contribution in [0.5, 0.6) is 0 Å². The molecular formula is C9H21ClN2O. The Labute approximate surface area is 86.4 Å². The van der Waals surface area contributed by atoms with E-state index >= 15 is 0 Å². The molecule has 0 aromatic carbocycles. The van der Waals surface area contributed by atoms with Crippen molar-refractivity contribution in [1.82, 2.24) is 10.2 Å². The quantitative estimate of drug-likeness (QED) is 0.448. The molecule has 3 nitrogen and oxygen atoms in total. The molecule has 0 amide bonds. The molecule has 1 N–H and O–H groups in total. The molecule has 0 radical (unpaired) electrons. The van der Waals surface area contributed by atoms with Crippen molar-refractivity contribution in [2.75, 3.05) is 52.8 Å². The summed E-state index contributed by atoms with van der Waals surface area (Å²) in [6, 6.07) is 0. The molecule has 0 atom stereocenters. The molecule has 0 bridgehead atoms. The van der Waals surface area contributed by atoms with Crippen LogP contribution in [0.3, 0.4) is 0 Å². The smallest absolute Gasteiger partial charge is 0.0601 e. The van der Waals surface area contributed by atoms with Crippen LogP contribution in [0.25, 0.3) is 0 Å². The van der Waals surface area contributed by atoms with Gasteiger partial charge in [0.25, 0.3) is 0 Å². The van der Waals surface area contributed by atoms with Gasteiger partial charge in [-0.2, -0.15) is 0 Å². The Hall–Kier alpha value is 0.170. The van der Waals surface area contributed by atoms with E-state index in [1.807, 2.05) is 0 Å². The number of likely N-dealkylation sites (N-methyl/N-ethyl adjacent to an activating group) is 1. The molecular weight excluding hydrogens is 188 g/mol. The maximum absolute atomic E-state index is 5.45. The van der Waals surface area contributed by atoms with E-state index in [0.29, 0.717) is 12.5 Å². The first kappa shape index (κ1) is 13.2. The lowest BCUT2D eigenvalue weighted by Crippen LogP contribution is -2.27. The van der Waals surface area contributed by atoms with Gasteiger partial charge in [-0.1, -0.05) is 0 Å². The minimum absolute atomic E-state index is 0.591. The average molecular weight is 209 g/mol. The second-order valence-corrected chi connectivity index (χ2v) is 3.59. The van der Waals surface area contributed by atoms with Gasteiger partial charge in [-0.3, -0.25) is 0 Å². The van der Waals surface area contributed by atoms with Crippen molar-refractivity contribution in [3.05, 3.63) is 0 Å². The molecule has 0 saturated carbocycles. The Bertz CT molecular complexity index is 102. The molecule has 4 heteroatoms. The third kappa shape index (κ3) is 12.2. The number of halogens is 1. The highest BCUT2D eigenvalue weighted by Crippen LogP contribution is 1.83. The van der Waals surface area contributed by atoms with Crippen LogP contribution >= 0.6 is 11.6 Å². The zero-order valence-electron chi connectivity index (χ0n) is 8.68. The van der Waals surface area contributed by atoms with E-state index in [1.165, 1.54) is 0 Å². The maximum Gasteiger partial charge on any atom is 0.0601 e. The summed E-state index contributed by atoms with van der Waals surface area (Å²) in [7, 11) is 4.15. The maximum atomic E-state index is 5.45. The van der Waals surface area contributed by atoms with E-state index in [4.69, 9.17) is 16.3 Å². The fourth-order valence-electron chi connectivity index (χ4n) is 0.884. The van der Waals surface area contributed by atoms with E-state index in [0.717, 1.165) is 32.7 Å². The Morgan fingerprint density at radius 3 is 2.62 bits per heavy atom. The zero-order valence-corrected chi connectivity index (χ0v) is 9.44. The van der Waals surface area contributed by atoms with Gasteiger partial charge in [-0.15, -0.1) is 11.6 Å². The van der Waals surface area contributed by atoms with Gasteiger partial charge in [0.2, 0.25) is 0 Å². The Balaban J connectivity index is 2.84. The molecule has 0 aromatic rings. The van der Waals surface area contributed by atoms with Gasteiger partial charge >= 0.3 is 0 Å². The van der Waals surface area contributed by atoms with Crippen LogP contribution in [0.4, 0.5) is 0 Å². The number of nitrogens with one attached hydrogen (secondary N) is 1. The van der Waals surface area contributed by atoms with Gasteiger partial charge in [0.05, 0.1) is 6.61 Å². The molecule has 0 unspecified atom stereocenters. The lowest BCUT2D eigenvalue weighted by Gasteiger charge is -2.10. The number of alkyl halides is 1. The summed E-state index contributed by atoms with van der Waals surface area (Å²) in [4.78, 5) is 2.16. The molecule has 0 saturated heterocycles. The molecule has 0 rings (SSSR count). The molecule has 0 spiro atoms. The average Bonchev–Trinajstić information content (AvgIpc) is 2.09. The van der Waals surface area contributed by atoms with E-state index in [2.05, 4.69) is 24.3 Å². The summed E-state index contributed by atoms with van der Waals surface area (Å²) in [6.45, 7) is 4.63. The van der Waals surface area contributed by atoms with E-state index in [9.17, 15) is 0 Å². The number of hydrogen-bond acceptors (Lipinski definition) is 3. The molecule has 0 aliphatic heterocycles. The first-order chi connectivity index (χ1) is 6.27. The fourth-order valence-corrected chi connectivity index (χ4v) is 0.993. The Morgan fingerprint density at radius 1 is 1.23 bits per heavy atom. The van der Waals surface area contributed by atoms with Crippen molar-refractivity contribution in [3.8, 4) is 0 Å². The second kappa shape index (κ2) is 10.3. The summed E-state index contributed by atoms with van der Waals surface area (Å²) < 4.78 is 5.23. The second-order valence-electron chi connectivity index (χ2n) is 3.21. The lowest BCUT2D eigenvalue weighted by molar-refractivity contribution is 0.146. The lowest BCUT2D eigenvalue weighted by atomic mass is 10.4. The summed E-state index contributed by atoms with van der Waals surface area (Å²) in [5.74, 6) is 0.591. The highest BCUT2D eigenvalue weighted by molar-refractivity contribution is 6.17. The number of ether oxygens (including phenoxy) is 1. The van der Waals surface area contributed by atoms with Crippen LogP contribution in [0.2, 0.25) is 0 Å². The van der Waals surface area contributed by atoms with Gasteiger partial charge in [-0.25, -0.2) is 0 Å². The monoisotopic (exact) mass is 208 g/mol. The van der Waals surface area contributed by atoms with Crippen molar-refractivity contribution >= 4 is 11.6 Å². The van der Waals surface area contributed by atoms with E-state index < -0.39 is 0 Å². The van der Waals surface area contributed by atoms with Crippen molar-refractivity contribution in [2.45, 2.75) is 6.42 Å². The van der Waals surface area contributed by atoms with Crippen LogP contribution in [0, 0.1) is 0 Å². The van der Waals surface area contributed by atoms with Gasteiger partial charge in [0, 0.05) is 25.6 Å². The predicted octanol–water partition coefficient (Wildman–Crippen LogP) is 0.783. The Kier molecular flexibility index (Phi) is 10.4. The molecule has 0 aromatic heterocycles. The fraction of sp³-hybridized carbons (Fsp3) is 1.00. The first-order valence-corrected chi connectivity index (χ1v) is 5.30. The first-order valence-electron chi connectivity index (χ1n) is 4.76. The van der Waals surface area contributed by atoms with Gasteiger partial charge in [0.1, 0.15) is 0 Å². The largest absolute Gasteiger partial charge is 0.380 e. The molecule has 80 valence electrons. The van der Waals surface area contributed by atoms with Crippen molar-refractivity contribution < 1.29 is 4.74 Å².